The van der Waals surface area contributed by atoms with E-state index < -0.39 is 0 Å². The zero-order valence-electron chi connectivity index (χ0n) is 11.1. The number of nitrogens with zero attached hydrogens (tertiary/aromatic N) is 1. The van der Waals surface area contributed by atoms with Crippen LogP contribution >= 0.6 is 11.3 Å². The van der Waals surface area contributed by atoms with Crippen molar-refractivity contribution in [2.24, 2.45) is 0 Å². The largest absolute Gasteiger partial charge is 0.395 e. The van der Waals surface area contributed by atoms with Crippen LogP contribution in [0.15, 0.2) is 11.4 Å². The number of rotatable bonds is 6. The molecule has 1 amide bonds. The quantitative estimate of drug-likeness (QED) is 0.785. The first kappa shape index (κ1) is 14.5. The second-order valence-electron chi connectivity index (χ2n) is 4.65. The Morgan fingerprint density at radius 2 is 2.53 bits per heavy atom. The fourth-order valence-electron chi connectivity index (χ4n) is 2.18. The molecule has 0 spiro atoms. The van der Waals surface area contributed by atoms with Gasteiger partial charge in [-0.15, -0.1) is 11.3 Å². The number of methoxy groups -OCH3 is 1. The van der Waals surface area contributed by atoms with Gasteiger partial charge in [0.05, 0.1) is 25.8 Å². The summed E-state index contributed by atoms with van der Waals surface area (Å²) >= 11 is 1.76. The molecule has 0 bridgehead atoms. The van der Waals surface area contributed by atoms with Crippen molar-refractivity contribution >= 4 is 17.2 Å². The monoisotopic (exact) mass is 284 g/mol. The molecule has 1 unspecified atom stereocenters. The van der Waals surface area contributed by atoms with E-state index in [1.54, 1.807) is 18.4 Å². The fraction of sp³-hybridized carbons (Fsp3) is 0.615. The van der Waals surface area contributed by atoms with Crippen LogP contribution in [0.3, 0.4) is 0 Å². The van der Waals surface area contributed by atoms with Gasteiger partial charge in [0.15, 0.2) is 0 Å². The summed E-state index contributed by atoms with van der Waals surface area (Å²) in [5.74, 6) is 0.0754. The molecule has 0 saturated carbocycles. The molecule has 1 atom stereocenters. The maximum absolute atomic E-state index is 12.1. The molecule has 2 heterocycles. The van der Waals surface area contributed by atoms with Crippen LogP contribution < -0.4 is 5.32 Å². The molecular formula is C13H20N2O3S. The second-order valence-corrected chi connectivity index (χ2v) is 5.65. The Hall–Kier alpha value is -0.950. The van der Waals surface area contributed by atoms with Gasteiger partial charge < -0.3 is 20.1 Å². The van der Waals surface area contributed by atoms with Gasteiger partial charge >= 0.3 is 0 Å². The van der Waals surface area contributed by atoms with Crippen molar-refractivity contribution in [2.45, 2.75) is 19.0 Å². The average Bonchev–Trinajstić information content (AvgIpc) is 2.90. The summed E-state index contributed by atoms with van der Waals surface area (Å²) in [6.45, 7) is 2.10. The average molecular weight is 284 g/mol. The molecule has 106 valence electrons. The zero-order chi connectivity index (χ0) is 13.7. The predicted octanol–water partition coefficient (Wildman–Crippen LogP) is 0.230. The van der Waals surface area contributed by atoms with Crippen molar-refractivity contribution in [2.75, 3.05) is 33.4 Å². The zero-order valence-corrected chi connectivity index (χ0v) is 11.9. The molecular weight excluding hydrogens is 264 g/mol. The summed E-state index contributed by atoms with van der Waals surface area (Å²) in [5.41, 5.74) is 1.26. The van der Waals surface area contributed by atoms with Crippen LogP contribution in [0.2, 0.25) is 0 Å². The number of hydrogen-bond acceptors (Lipinski definition) is 5. The summed E-state index contributed by atoms with van der Waals surface area (Å²) in [6.07, 6.45) is 0.945. The minimum atomic E-state index is -0.185. The first-order valence-corrected chi connectivity index (χ1v) is 7.28. The van der Waals surface area contributed by atoms with Gasteiger partial charge in [-0.1, -0.05) is 0 Å². The minimum absolute atomic E-state index is 0.0319. The lowest BCUT2D eigenvalue weighted by atomic mass is 10.1. The van der Waals surface area contributed by atoms with Crippen LogP contribution in [-0.2, 0) is 22.5 Å². The number of hydrogen-bond donors (Lipinski definition) is 2. The lowest BCUT2D eigenvalue weighted by molar-refractivity contribution is -0.131. The van der Waals surface area contributed by atoms with Crippen LogP contribution in [-0.4, -0.2) is 55.4 Å². The van der Waals surface area contributed by atoms with E-state index in [9.17, 15) is 4.79 Å². The molecule has 1 aromatic heterocycles. The molecule has 6 heteroatoms. The Morgan fingerprint density at radius 3 is 3.26 bits per heavy atom. The van der Waals surface area contributed by atoms with E-state index in [0.717, 1.165) is 13.0 Å². The highest BCUT2D eigenvalue weighted by atomic mass is 32.1. The first-order valence-electron chi connectivity index (χ1n) is 6.40. The highest BCUT2D eigenvalue weighted by Gasteiger charge is 2.21. The smallest absolute Gasteiger partial charge is 0.236 e. The molecule has 0 radical (unpaired) electrons. The van der Waals surface area contributed by atoms with E-state index in [1.165, 1.54) is 10.4 Å². The molecule has 2 N–H and O–H groups in total. The van der Waals surface area contributed by atoms with E-state index in [-0.39, 0.29) is 25.1 Å². The standard InChI is InChI=1S/C13H20N2O3S/c1-18-9-11(8-16)14-6-13(17)15-4-2-12-10(7-15)3-5-19-12/h3,5,11,14,16H,2,4,6-9H2,1H3. The van der Waals surface area contributed by atoms with Crippen molar-refractivity contribution in [3.63, 3.8) is 0 Å². The van der Waals surface area contributed by atoms with E-state index in [0.29, 0.717) is 13.2 Å². The molecule has 19 heavy (non-hydrogen) atoms. The summed E-state index contributed by atoms with van der Waals surface area (Å²) in [5, 5.41) is 14.2. The second kappa shape index (κ2) is 7.00. The third-order valence-corrected chi connectivity index (χ3v) is 4.31. The van der Waals surface area contributed by atoms with E-state index >= 15 is 0 Å². The van der Waals surface area contributed by atoms with Crippen molar-refractivity contribution in [3.8, 4) is 0 Å². The number of fused-ring (bicyclic) bond motifs is 1. The Morgan fingerprint density at radius 1 is 1.68 bits per heavy atom. The van der Waals surface area contributed by atoms with Gasteiger partial charge in [0.2, 0.25) is 5.91 Å². The summed E-state index contributed by atoms with van der Waals surface area (Å²) in [6, 6.07) is 1.91. The van der Waals surface area contributed by atoms with Crippen LogP contribution in [0, 0.1) is 0 Å². The van der Waals surface area contributed by atoms with E-state index in [2.05, 4.69) is 16.8 Å². The molecule has 1 aromatic rings. The number of carbonyl (C=O) groups excluding carboxylic acids is 1. The molecule has 0 fully saturated rings. The fourth-order valence-corrected chi connectivity index (χ4v) is 3.07. The predicted molar refractivity (Wildman–Crippen MR) is 74.2 cm³/mol. The Kier molecular flexibility index (Phi) is 5.33. The third-order valence-electron chi connectivity index (χ3n) is 3.29. The van der Waals surface area contributed by atoms with Gasteiger partial charge in [-0.05, 0) is 23.4 Å². The minimum Gasteiger partial charge on any atom is -0.395 e. The lowest BCUT2D eigenvalue weighted by Crippen LogP contribution is -2.45. The maximum Gasteiger partial charge on any atom is 0.236 e. The Balaban J connectivity index is 1.81. The van der Waals surface area contributed by atoms with Crippen LogP contribution in [0.4, 0.5) is 0 Å². The number of aliphatic hydroxyl groups excluding tert-OH is 1. The van der Waals surface area contributed by atoms with Crippen LogP contribution in [0.25, 0.3) is 0 Å². The van der Waals surface area contributed by atoms with E-state index in [4.69, 9.17) is 9.84 Å². The Bertz CT molecular complexity index is 422. The molecule has 0 saturated heterocycles. The van der Waals surface area contributed by atoms with Gasteiger partial charge in [0.25, 0.3) is 0 Å². The van der Waals surface area contributed by atoms with Crippen molar-refractivity contribution < 1.29 is 14.6 Å². The van der Waals surface area contributed by atoms with Gasteiger partial charge in [0, 0.05) is 25.1 Å². The number of aliphatic hydroxyl groups is 1. The third kappa shape index (κ3) is 3.76. The number of nitrogens with one attached hydrogen (secondary N) is 1. The lowest BCUT2D eigenvalue weighted by Gasteiger charge is -2.27. The van der Waals surface area contributed by atoms with Gasteiger partial charge in [-0.2, -0.15) is 0 Å². The molecule has 1 aliphatic heterocycles. The highest BCUT2D eigenvalue weighted by molar-refractivity contribution is 7.10. The van der Waals surface area contributed by atoms with Crippen molar-refractivity contribution in [3.05, 3.63) is 21.9 Å². The summed E-state index contributed by atoms with van der Waals surface area (Å²) in [4.78, 5) is 15.4. The summed E-state index contributed by atoms with van der Waals surface area (Å²) in [7, 11) is 1.58. The normalized spacial score (nSPS) is 16.2. The number of thiophene rings is 1. The van der Waals surface area contributed by atoms with Gasteiger partial charge in [-0.3, -0.25) is 4.79 Å². The van der Waals surface area contributed by atoms with Crippen molar-refractivity contribution in [1.29, 1.82) is 0 Å². The summed E-state index contributed by atoms with van der Waals surface area (Å²) < 4.78 is 4.96. The number of ether oxygens (including phenoxy) is 1. The first-order chi connectivity index (χ1) is 9.24. The highest BCUT2D eigenvalue weighted by Crippen LogP contribution is 2.23. The number of carbonyl (C=O) groups is 1. The molecule has 2 rings (SSSR count). The maximum atomic E-state index is 12.1. The van der Waals surface area contributed by atoms with E-state index in [1.807, 2.05) is 4.90 Å². The topological polar surface area (TPSA) is 61.8 Å². The van der Waals surface area contributed by atoms with Gasteiger partial charge in [-0.25, -0.2) is 0 Å². The Labute approximate surface area is 117 Å². The van der Waals surface area contributed by atoms with Crippen molar-refractivity contribution in [1.82, 2.24) is 10.2 Å². The molecule has 0 aromatic carbocycles. The number of amides is 1. The van der Waals surface area contributed by atoms with Gasteiger partial charge in [0.1, 0.15) is 0 Å². The molecule has 0 aliphatic carbocycles. The SMILES string of the molecule is COCC(CO)NCC(=O)N1CCc2sccc2C1. The van der Waals surface area contributed by atoms with Crippen LogP contribution in [0.1, 0.15) is 10.4 Å². The molecule has 1 aliphatic rings. The molecule has 5 nitrogen and oxygen atoms in total. The van der Waals surface area contributed by atoms with Crippen LogP contribution in [0.5, 0.6) is 0 Å².